The molecule has 1 aliphatic heterocycles. The van der Waals surface area contributed by atoms with Crippen molar-refractivity contribution < 1.29 is 37.1 Å². The molecule has 1 aliphatic carbocycles. The number of nitrogens with zero attached hydrogens (tertiary/aromatic N) is 3. The number of benzene rings is 1. The number of piperidine rings is 1. The SMILES string of the molecule is Cn1ncc(C(NC(=O)[C@@H]2[C@@H]3[C@H](CN2C(=O)[C@@H](NC(=O)C(F)(F)F)C(C)(C)C)C3(C)C)C(N)=O)c1OCc1ccccc1. The number of hydrogen-bond acceptors (Lipinski definition) is 6. The van der Waals surface area contributed by atoms with E-state index < -0.39 is 53.3 Å². The number of aromatic nitrogens is 2. The van der Waals surface area contributed by atoms with Gasteiger partial charge in [0, 0.05) is 13.6 Å². The van der Waals surface area contributed by atoms with Crippen molar-refractivity contribution in [1.29, 1.82) is 0 Å². The molecule has 5 atom stereocenters. The van der Waals surface area contributed by atoms with Gasteiger partial charge in [0.1, 0.15) is 24.7 Å². The summed E-state index contributed by atoms with van der Waals surface area (Å²) < 4.78 is 46.7. The Balaban J connectivity index is 1.60. The number of carbonyl (C=O) groups excluding carboxylic acids is 4. The Hall–Kier alpha value is -4.10. The molecule has 1 saturated carbocycles. The van der Waals surface area contributed by atoms with Crippen LogP contribution in [0.1, 0.15) is 51.8 Å². The molecule has 4 rings (SSSR count). The number of carbonyl (C=O) groups is 4. The average Bonchev–Trinajstić information content (AvgIpc) is 3.22. The first-order valence-corrected chi connectivity index (χ1v) is 13.8. The predicted octanol–water partition coefficient (Wildman–Crippen LogP) is 2.22. The van der Waals surface area contributed by atoms with Crippen molar-refractivity contribution in [3.8, 4) is 5.88 Å². The van der Waals surface area contributed by atoms with Crippen molar-refractivity contribution in [2.45, 2.75) is 65.5 Å². The van der Waals surface area contributed by atoms with E-state index in [1.165, 1.54) is 36.5 Å². The summed E-state index contributed by atoms with van der Waals surface area (Å²) in [7, 11) is 1.60. The van der Waals surface area contributed by atoms with E-state index in [1.807, 2.05) is 49.5 Å². The van der Waals surface area contributed by atoms with Crippen LogP contribution in [-0.4, -0.2) is 63.1 Å². The van der Waals surface area contributed by atoms with Gasteiger partial charge in [0.15, 0.2) is 0 Å². The Morgan fingerprint density at radius 1 is 1.12 bits per heavy atom. The maximum absolute atomic E-state index is 13.9. The van der Waals surface area contributed by atoms with E-state index in [0.717, 1.165) is 5.56 Å². The van der Waals surface area contributed by atoms with Crippen LogP contribution in [0.25, 0.3) is 0 Å². The van der Waals surface area contributed by atoms with Gasteiger partial charge in [0.2, 0.25) is 23.6 Å². The highest BCUT2D eigenvalue weighted by Crippen LogP contribution is 2.65. The fraction of sp³-hybridized carbons (Fsp3) is 0.552. The first-order chi connectivity index (χ1) is 19.9. The van der Waals surface area contributed by atoms with Gasteiger partial charge in [-0.2, -0.15) is 18.3 Å². The highest BCUT2D eigenvalue weighted by molar-refractivity contribution is 5.96. The second kappa shape index (κ2) is 11.2. The second-order valence-corrected chi connectivity index (χ2v) is 12.8. The second-order valence-electron chi connectivity index (χ2n) is 12.8. The van der Waals surface area contributed by atoms with Gasteiger partial charge in [0.05, 0.1) is 11.8 Å². The van der Waals surface area contributed by atoms with Crippen LogP contribution in [0.4, 0.5) is 13.2 Å². The quantitative estimate of drug-likeness (QED) is 0.399. The van der Waals surface area contributed by atoms with Gasteiger partial charge in [0.25, 0.3) is 0 Å². The van der Waals surface area contributed by atoms with Gasteiger partial charge in [-0.25, -0.2) is 4.68 Å². The summed E-state index contributed by atoms with van der Waals surface area (Å²) in [5.41, 5.74) is 5.31. The average molecular weight is 607 g/mol. The van der Waals surface area contributed by atoms with Gasteiger partial charge in [-0.3, -0.25) is 19.2 Å². The minimum absolute atomic E-state index is 0.0998. The number of nitrogens with two attached hydrogens (primary N) is 1. The van der Waals surface area contributed by atoms with Crippen LogP contribution < -0.4 is 21.1 Å². The number of halogens is 3. The smallest absolute Gasteiger partial charge is 0.471 e. The molecule has 1 unspecified atom stereocenters. The highest BCUT2D eigenvalue weighted by atomic mass is 19.4. The van der Waals surface area contributed by atoms with Crippen LogP contribution in [0.5, 0.6) is 5.88 Å². The molecule has 1 aromatic heterocycles. The zero-order valence-electron chi connectivity index (χ0n) is 24.9. The van der Waals surface area contributed by atoms with Crippen LogP contribution in [-0.2, 0) is 32.8 Å². The van der Waals surface area contributed by atoms with Gasteiger partial charge < -0.3 is 26.0 Å². The molecule has 4 amide bonds. The number of fused-ring (bicyclic) bond motifs is 1. The third-order valence-corrected chi connectivity index (χ3v) is 8.42. The van der Waals surface area contributed by atoms with E-state index in [9.17, 15) is 32.3 Å². The van der Waals surface area contributed by atoms with E-state index in [4.69, 9.17) is 10.5 Å². The molecule has 4 N–H and O–H groups in total. The molecule has 1 saturated heterocycles. The molecule has 2 aliphatic rings. The molecule has 0 spiro atoms. The number of alkyl halides is 3. The minimum Gasteiger partial charge on any atom is -0.473 e. The maximum atomic E-state index is 13.9. The van der Waals surface area contributed by atoms with Crippen LogP contribution in [0.15, 0.2) is 36.5 Å². The number of primary amides is 1. The number of ether oxygens (including phenoxy) is 1. The lowest BCUT2D eigenvalue weighted by atomic mass is 9.85. The van der Waals surface area contributed by atoms with Crippen LogP contribution >= 0.6 is 0 Å². The van der Waals surface area contributed by atoms with Gasteiger partial charge in [-0.1, -0.05) is 65.0 Å². The molecule has 234 valence electrons. The zero-order chi connectivity index (χ0) is 32.1. The number of amides is 4. The Morgan fingerprint density at radius 3 is 2.30 bits per heavy atom. The number of likely N-dealkylation sites (tertiary alicyclic amines) is 1. The summed E-state index contributed by atoms with van der Waals surface area (Å²) in [6.07, 6.45) is -3.85. The molecule has 2 aromatic rings. The van der Waals surface area contributed by atoms with Crippen molar-refractivity contribution >= 4 is 23.6 Å². The molecule has 0 bridgehead atoms. The fourth-order valence-electron chi connectivity index (χ4n) is 5.91. The number of aryl methyl sites for hydroxylation is 1. The minimum atomic E-state index is -5.20. The van der Waals surface area contributed by atoms with Crippen molar-refractivity contribution in [3.05, 3.63) is 47.7 Å². The van der Waals surface area contributed by atoms with E-state index >= 15 is 0 Å². The summed E-state index contributed by atoms with van der Waals surface area (Å²) >= 11 is 0. The lowest BCUT2D eigenvalue weighted by molar-refractivity contribution is -0.176. The van der Waals surface area contributed by atoms with E-state index in [-0.39, 0.29) is 41.8 Å². The third-order valence-electron chi connectivity index (χ3n) is 8.42. The normalized spacial score (nSPS) is 22.3. The Labute approximate surface area is 247 Å². The fourth-order valence-corrected chi connectivity index (χ4v) is 5.91. The largest absolute Gasteiger partial charge is 0.473 e. The van der Waals surface area contributed by atoms with Gasteiger partial charge >= 0.3 is 12.1 Å². The summed E-state index contributed by atoms with van der Waals surface area (Å²) in [5.74, 6) is -4.93. The topological polar surface area (TPSA) is 149 Å². The van der Waals surface area contributed by atoms with E-state index in [0.29, 0.717) is 0 Å². The molecule has 11 nitrogen and oxygen atoms in total. The molecular formula is C29H37F3N6O5. The number of nitrogens with one attached hydrogen (secondary N) is 2. The first kappa shape index (κ1) is 31.8. The van der Waals surface area contributed by atoms with Crippen LogP contribution in [0.2, 0.25) is 0 Å². The monoisotopic (exact) mass is 606 g/mol. The lowest BCUT2D eigenvalue weighted by Crippen LogP contribution is -2.61. The molecular weight excluding hydrogens is 569 g/mol. The lowest BCUT2D eigenvalue weighted by Gasteiger charge is -2.38. The molecule has 2 fully saturated rings. The first-order valence-electron chi connectivity index (χ1n) is 13.8. The number of rotatable bonds is 9. The predicted molar refractivity (Wildman–Crippen MR) is 148 cm³/mol. The van der Waals surface area contributed by atoms with Crippen molar-refractivity contribution in [3.63, 3.8) is 0 Å². The maximum Gasteiger partial charge on any atom is 0.471 e. The van der Waals surface area contributed by atoms with E-state index in [1.54, 1.807) is 7.05 Å². The molecule has 14 heteroatoms. The van der Waals surface area contributed by atoms with Crippen molar-refractivity contribution in [1.82, 2.24) is 25.3 Å². The summed E-state index contributed by atoms with van der Waals surface area (Å²) in [4.78, 5) is 53.3. The van der Waals surface area contributed by atoms with E-state index in [2.05, 4.69) is 10.4 Å². The highest BCUT2D eigenvalue weighted by Gasteiger charge is 2.70. The molecule has 43 heavy (non-hydrogen) atoms. The Morgan fingerprint density at radius 2 is 1.74 bits per heavy atom. The van der Waals surface area contributed by atoms with Gasteiger partial charge in [-0.15, -0.1) is 0 Å². The standard InChI is InChI=1S/C29H37F3N6O5/c1-27(2,3)21(36-26(42)29(30,31)32)24(41)38-13-17-18(28(17,4)5)20(38)23(40)35-19(22(33)39)16-12-34-37(6)25(16)43-14-15-10-8-7-9-11-15/h7-12,17-21H,13-14H2,1-6H3,(H2,33,39)(H,35,40)(H,36,42)/t17-,18-,19?,20-,21+/m0/s1. The third kappa shape index (κ3) is 6.32. The van der Waals surface area contributed by atoms with Crippen molar-refractivity contribution in [2.75, 3.05) is 6.54 Å². The number of hydrogen-bond donors (Lipinski definition) is 3. The summed E-state index contributed by atoms with van der Waals surface area (Å²) in [6, 6.07) is 5.18. The Kier molecular flexibility index (Phi) is 8.28. The van der Waals surface area contributed by atoms with Crippen LogP contribution in [0, 0.1) is 22.7 Å². The van der Waals surface area contributed by atoms with Crippen molar-refractivity contribution in [2.24, 2.45) is 35.4 Å². The Bertz CT molecular complexity index is 1400. The van der Waals surface area contributed by atoms with Gasteiger partial charge in [-0.05, 0) is 28.2 Å². The van der Waals surface area contributed by atoms with Crippen LogP contribution in [0.3, 0.4) is 0 Å². The molecule has 1 aromatic carbocycles. The molecule has 0 radical (unpaired) electrons. The summed E-state index contributed by atoms with van der Waals surface area (Å²) in [6.45, 7) is 8.66. The summed E-state index contributed by atoms with van der Waals surface area (Å²) in [5, 5.41) is 8.62. The zero-order valence-corrected chi connectivity index (χ0v) is 24.9. The molecule has 2 heterocycles.